The van der Waals surface area contributed by atoms with Crippen LogP contribution in [0.15, 0.2) is 42.6 Å². The molecule has 2 rings (SSSR count). The van der Waals surface area contributed by atoms with E-state index < -0.39 is 0 Å². The van der Waals surface area contributed by atoms with E-state index in [2.05, 4.69) is 17.2 Å². The molecule has 5 heteroatoms. The summed E-state index contributed by atoms with van der Waals surface area (Å²) in [6.45, 7) is 2.47. The molecule has 0 fully saturated rings. The van der Waals surface area contributed by atoms with E-state index in [4.69, 9.17) is 9.47 Å². The zero-order valence-corrected chi connectivity index (χ0v) is 12.8. The van der Waals surface area contributed by atoms with Crippen molar-refractivity contribution in [2.75, 3.05) is 13.7 Å². The number of benzene rings is 1. The van der Waals surface area contributed by atoms with Gasteiger partial charge in [0.15, 0.2) is 6.61 Å². The molecule has 0 bridgehead atoms. The molecule has 5 nitrogen and oxygen atoms in total. The highest BCUT2D eigenvalue weighted by Gasteiger charge is 2.06. The third kappa shape index (κ3) is 4.48. The molecule has 0 unspecified atom stereocenters. The van der Waals surface area contributed by atoms with Gasteiger partial charge in [0, 0.05) is 18.8 Å². The van der Waals surface area contributed by atoms with Crippen LogP contribution in [-0.2, 0) is 17.8 Å². The summed E-state index contributed by atoms with van der Waals surface area (Å²) >= 11 is 0. The number of hydrogen-bond donors (Lipinski definition) is 1. The van der Waals surface area contributed by atoms with Gasteiger partial charge < -0.3 is 14.8 Å². The van der Waals surface area contributed by atoms with Gasteiger partial charge in [0.1, 0.15) is 5.75 Å². The van der Waals surface area contributed by atoms with Crippen LogP contribution >= 0.6 is 0 Å². The number of hydrogen-bond acceptors (Lipinski definition) is 4. The number of carbonyl (C=O) groups is 1. The van der Waals surface area contributed by atoms with Crippen molar-refractivity contribution in [3.8, 4) is 11.6 Å². The fourth-order valence-electron chi connectivity index (χ4n) is 1.97. The number of nitrogens with zero attached hydrogens (tertiary/aromatic N) is 1. The second-order valence-electron chi connectivity index (χ2n) is 4.74. The lowest BCUT2D eigenvalue weighted by atomic mass is 10.1. The molecule has 0 atom stereocenters. The average molecular weight is 300 g/mol. The van der Waals surface area contributed by atoms with Gasteiger partial charge in [-0.25, -0.2) is 4.98 Å². The number of aryl methyl sites for hydroxylation is 1. The zero-order chi connectivity index (χ0) is 15.8. The summed E-state index contributed by atoms with van der Waals surface area (Å²) in [6, 6.07) is 11.3. The van der Waals surface area contributed by atoms with Crippen LogP contribution in [0.2, 0.25) is 0 Å². The van der Waals surface area contributed by atoms with Gasteiger partial charge in [0.05, 0.1) is 7.11 Å². The standard InChI is InChI=1S/C17H20N2O3/c1-3-14-6-4-5-7-15(14)22-12-16(20)18-10-13-8-9-17(21-2)19-11-13/h4-9,11H,3,10,12H2,1-2H3,(H,18,20). The summed E-state index contributed by atoms with van der Waals surface area (Å²) in [5.74, 6) is 1.14. The molecule has 0 aliphatic carbocycles. The Morgan fingerprint density at radius 1 is 1.23 bits per heavy atom. The van der Waals surface area contributed by atoms with Crippen molar-refractivity contribution in [1.82, 2.24) is 10.3 Å². The Morgan fingerprint density at radius 3 is 2.73 bits per heavy atom. The molecular weight excluding hydrogens is 280 g/mol. The van der Waals surface area contributed by atoms with Crippen molar-refractivity contribution in [3.63, 3.8) is 0 Å². The lowest BCUT2D eigenvalue weighted by molar-refractivity contribution is -0.123. The normalized spacial score (nSPS) is 10.1. The Morgan fingerprint density at radius 2 is 2.05 bits per heavy atom. The van der Waals surface area contributed by atoms with E-state index in [9.17, 15) is 4.79 Å². The van der Waals surface area contributed by atoms with Crippen molar-refractivity contribution in [3.05, 3.63) is 53.7 Å². The van der Waals surface area contributed by atoms with E-state index in [-0.39, 0.29) is 12.5 Å². The fraction of sp³-hybridized carbons (Fsp3) is 0.294. The van der Waals surface area contributed by atoms with E-state index in [1.165, 1.54) is 0 Å². The molecule has 2 aromatic rings. The molecule has 22 heavy (non-hydrogen) atoms. The Hall–Kier alpha value is -2.56. The first-order chi connectivity index (χ1) is 10.7. The summed E-state index contributed by atoms with van der Waals surface area (Å²) < 4.78 is 10.6. The van der Waals surface area contributed by atoms with Crippen LogP contribution in [0.3, 0.4) is 0 Å². The summed E-state index contributed by atoms with van der Waals surface area (Å²) in [5.41, 5.74) is 2.00. The molecule has 1 aromatic carbocycles. The second kappa shape index (κ2) is 8.02. The third-order valence-corrected chi connectivity index (χ3v) is 3.21. The summed E-state index contributed by atoms with van der Waals surface area (Å²) in [6.07, 6.45) is 2.54. The van der Waals surface area contributed by atoms with Gasteiger partial charge in [-0.05, 0) is 23.6 Å². The molecule has 116 valence electrons. The highest BCUT2D eigenvalue weighted by Crippen LogP contribution is 2.17. The lowest BCUT2D eigenvalue weighted by Gasteiger charge is -2.10. The molecular formula is C17H20N2O3. The van der Waals surface area contributed by atoms with E-state index in [0.717, 1.165) is 23.3 Å². The number of para-hydroxylation sites is 1. The first kappa shape index (κ1) is 15.8. The molecule has 0 radical (unpaired) electrons. The van der Waals surface area contributed by atoms with E-state index in [1.54, 1.807) is 19.4 Å². The molecule has 1 amide bonds. The average Bonchev–Trinajstić information content (AvgIpc) is 2.58. The smallest absolute Gasteiger partial charge is 0.258 e. The first-order valence-electron chi connectivity index (χ1n) is 7.19. The minimum atomic E-state index is -0.165. The molecule has 1 N–H and O–H groups in total. The molecule has 1 heterocycles. The van der Waals surface area contributed by atoms with Gasteiger partial charge >= 0.3 is 0 Å². The largest absolute Gasteiger partial charge is 0.483 e. The quantitative estimate of drug-likeness (QED) is 0.852. The maximum atomic E-state index is 11.8. The van der Waals surface area contributed by atoms with E-state index >= 15 is 0 Å². The summed E-state index contributed by atoms with van der Waals surface area (Å²) in [7, 11) is 1.56. The lowest BCUT2D eigenvalue weighted by Crippen LogP contribution is -2.28. The monoisotopic (exact) mass is 300 g/mol. The van der Waals surface area contributed by atoms with Gasteiger partial charge in [-0.3, -0.25) is 4.79 Å². The van der Waals surface area contributed by atoms with Crippen LogP contribution in [0.5, 0.6) is 11.6 Å². The number of pyridine rings is 1. The number of ether oxygens (including phenoxy) is 2. The zero-order valence-electron chi connectivity index (χ0n) is 12.8. The maximum Gasteiger partial charge on any atom is 0.258 e. The van der Waals surface area contributed by atoms with Crippen LogP contribution in [0.25, 0.3) is 0 Å². The number of methoxy groups -OCH3 is 1. The van der Waals surface area contributed by atoms with Crippen LogP contribution in [-0.4, -0.2) is 24.6 Å². The van der Waals surface area contributed by atoms with E-state index in [0.29, 0.717) is 12.4 Å². The predicted octanol–water partition coefficient (Wildman–Crippen LogP) is 2.35. The highest BCUT2D eigenvalue weighted by molar-refractivity contribution is 5.77. The Bertz CT molecular complexity index is 612. The maximum absolute atomic E-state index is 11.8. The van der Waals surface area contributed by atoms with Gasteiger partial charge in [0.2, 0.25) is 5.88 Å². The number of nitrogens with one attached hydrogen (secondary N) is 1. The molecule has 0 aliphatic heterocycles. The summed E-state index contributed by atoms with van der Waals surface area (Å²) in [4.78, 5) is 15.9. The number of amides is 1. The molecule has 1 aromatic heterocycles. The highest BCUT2D eigenvalue weighted by atomic mass is 16.5. The Balaban J connectivity index is 1.80. The number of aromatic nitrogens is 1. The number of rotatable bonds is 7. The van der Waals surface area contributed by atoms with Gasteiger partial charge in [-0.2, -0.15) is 0 Å². The molecule has 0 spiro atoms. The van der Waals surface area contributed by atoms with Crippen molar-refractivity contribution < 1.29 is 14.3 Å². The second-order valence-corrected chi connectivity index (χ2v) is 4.74. The van der Waals surface area contributed by atoms with Crippen molar-refractivity contribution in [2.24, 2.45) is 0 Å². The SMILES string of the molecule is CCc1ccccc1OCC(=O)NCc1ccc(OC)nc1. The Kier molecular flexibility index (Phi) is 5.77. The topological polar surface area (TPSA) is 60.5 Å². The number of carbonyl (C=O) groups excluding carboxylic acids is 1. The molecule has 0 aliphatic rings. The van der Waals surface area contributed by atoms with E-state index in [1.807, 2.05) is 30.3 Å². The third-order valence-electron chi connectivity index (χ3n) is 3.21. The van der Waals surface area contributed by atoms with Crippen LogP contribution in [0.4, 0.5) is 0 Å². The van der Waals surface area contributed by atoms with Gasteiger partial charge in [0.25, 0.3) is 5.91 Å². The summed E-state index contributed by atoms with van der Waals surface area (Å²) in [5, 5.41) is 2.80. The van der Waals surface area contributed by atoms with Gasteiger partial charge in [-0.1, -0.05) is 31.2 Å². The van der Waals surface area contributed by atoms with Crippen molar-refractivity contribution in [1.29, 1.82) is 0 Å². The minimum absolute atomic E-state index is 0.000592. The van der Waals surface area contributed by atoms with Crippen LogP contribution < -0.4 is 14.8 Å². The van der Waals surface area contributed by atoms with Crippen molar-refractivity contribution in [2.45, 2.75) is 19.9 Å². The van der Waals surface area contributed by atoms with Crippen LogP contribution in [0, 0.1) is 0 Å². The first-order valence-corrected chi connectivity index (χ1v) is 7.19. The molecule has 0 saturated heterocycles. The molecule has 0 saturated carbocycles. The van der Waals surface area contributed by atoms with Crippen LogP contribution in [0.1, 0.15) is 18.1 Å². The predicted molar refractivity (Wildman–Crippen MR) is 84.0 cm³/mol. The fourth-order valence-corrected chi connectivity index (χ4v) is 1.97. The minimum Gasteiger partial charge on any atom is -0.483 e. The van der Waals surface area contributed by atoms with Gasteiger partial charge in [-0.15, -0.1) is 0 Å². The Labute approximate surface area is 130 Å². The van der Waals surface area contributed by atoms with Crippen molar-refractivity contribution >= 4 is 5.91 Å².